The van der Waals surface area contributed by atoms with Gasteiger partial charge >= 0.3 is 6.16 Å². The van der Waals surface area contributed by atoms with Crippen LogP contribution in [0.5, 0.6) is 0 Å². The molecule has 32 heavy (non-hydrogen) atoms. The molecule has 10 nitrogen and oxygen atoms in total. The lowest BCUT2D eigenvalue weighted by Crippen LogP contribution is -2.52. The number of nitrogen functional groups attached to an aromatic ring is 1. The van der Waals surface area contributed by atoms with Crippen molar-refractivity contribution in [1.29, 1.82) is 0 Å². The molecule has 4 saturated carbocycles. The first-order valence-electron chi connectivity index (χ1n) is 11.4. The number of hydrogen-bond donors (Lipinski definition) is 3. The Hall–Kier alpha value is -2.43. The molecular weight excluding hydrogens is 416 g/mol. The van der Waals surface area contributed by atoms with E-state index in [1.165, 1.54) is 30.1 Å². The zero-order chi connectivity index (χ0) is 22.0. The number of anilines is 1. The van der Waals surface area contributed by atoms with Gasteiger partial charge in [0.15, 0.2) is 5.82 Å². The van der Waals surface area contributed by atoms with Gasteiger partial charge in [-0.1, -0.05) is 0 Å². The zero-order valence-electron chi connectivity index (χ0n) is 17.7. The second kappa shape index (κ2) is 7.29. The molecule has 5 fully saturated rings. The molecule has 7 rings (SSSR count). The molecule has 0 aromatic carbocycles. The van der Waals surface area contributed by atoms with E-state index in [0.717, 1.165) is 19.3 Å². The second-order valence-electron chi connectivity index (χ2n) is 10.0. The van der Waals surface area contributed by atoms with Crippen LogP contribution >= 0.6 is 0 Å². The molecule has 2 aromatic heterocycles. The van der Waals surface area contributed by atoms with Gasteiger partial charge < -0.3 is 30.2 Å². The Labute approximate surface area is 184 Å². The molecule has 4 aliphatic carbocycles. The molecule has 2 aromatic rings. The highest BCUT2D eigenvalue weighted by molar-refractivity contribution is 5.65. The van der Waals surface area contributed by atoms with E-state index in [9.17, 15) is 15.0 Å². The first-order chi connectivity index (χ1) is 15.4. The molecule has 172 valence electrons. The summed E-state index contributed by atoms with van der Waals surface area (Å²) in [5.41, 5.74) is 6.57. The summed E-state index contributed by atoms with van der Waals surface area (Å²) >= 11 is 0. The minimum absolute atomic E-state index is 0.208. The molecule has 0 unspecified atom stereocenters. The SMILES string of the molecule is Nc1ncnn2c([C@@H]3O[C@H](COC(=O)OC45CC6CC(CC(C6)C4)C5)[C@@H](O)[C@H]3O)ccc12. The quantitative estimate of drug-likeness (QED) is 0.599. The number of aliphatic hydroxyl groups excluding tert-OH is 2. The van der Waals surface area contributed by atoms with E-state index in [1.807, 2.05) is 0 Å². The maximum atomic E-state index is 12.5. The largest absolute Gasteiger partial charge is 0.508 e. The van der Waals surface area contributed by atoms with Crippen molar-refractivity contribution in [2.45, 2.75) is 68.5 Å². The number of aliphatic hydroxyl groups is 2. The lowest BCUT2D eigenvalue weighted by atomic mass is 9.54. The van der Waals surface area contributed by atoms with Gasteiger partial charge in [-0.05, 0) is 68.4 Å². The van der Waals surface area contributed by atoms with Crippen LogP contribution in [0.15, 0.2) is 18.5 Å². The van der Waals surface area contributed by atoms with Crippen molar-refractivity contribution in [3.8, 4) is 0 Å². The second-order valence-corrected chi connectivity index (χ2v) is 10.0. The van der Waals surface area contributed by atoms with Crippen molar-refractivity contribution in [2.24, 2.45) is 17.8 Å². The summed E-state index contributed by atoms with van der Waals surface area (Å²) in [6.45, 7) is -0.208. The van der Waals surface area contributed by atoms with Crippen molar-refractivity contribution in [1.82, 2.24) is 14.6 Å². The Kier molecular flexibility index (Phi) is 4.60. The van der Waals surface area contributed by atoms with E-state index in [-0.39, 0.29) is 6.61 Å². The Morgan fingerprint density at radius 3 is 2.53 bits per heavy atom. The molecule has 4 atom stereocenters. The minimum atomic E-state index is -1.22. The van der Waals surface area contributed by atoms with Crippen LogP contribution in [0.2, 0.25) is 0 Å². The Morgan fingerprint density at radius 1 is 1.16 bits per heavy atom. The van der Waals surface area contributed by atoms with Crippen LogP contribution in [0.4, 0.5) is 10.6 Å². The molecule has 4 N–H and O–H groups in total. The molecule has 3 heterocycles. The molecule has 10 heteroatoms. The summed E-state index contributed by atoms with van der Waals surface area (Å²) in [4.78, 5) is 16.5. The highest BCUT2D eigenvalue weighted by Crippen LogP contribution is 2.57. The first kappa shape index (κ1) is 20.2. The standard InChI is InChI=1S/C22H28N4O6/c23-20-15-2-1-14(26(15)25-10-24-20)19-18(28)17(27)16(31-19)9-30-21(29)32-22-6-11-3-12(7-22)5-13(4-11)8-22/h1-2,10-13,16-19,27-28H,3-9H2,(H2,23,24,25)/t11?,12?,13?,16-,17-,18-,19+,22?/m1/s1. The number of carbonyl (C=O) groups excluding carboxylic acids is 1. The van der Waals surface area contributed by atoms with Crippen LogP contribution in [0.1, 0.15) is 50.3 Å². The average Bonchev–Trinajstić information content (AvgIpc) is 3.28. The van der Waals surface area contributed by atoms with Crippen LogP contribution in [0.3, 0.4) is 0 Å². The molecule has 0 spiro atoms. The Bertz CT molecular complexity index is 1010. The van der Waals surface area contributed by atoms with Crippen LogP contribution in [-0.2, 0) is 14.2 Å². The zero-order valence-corrected chi connectivity index (χ0v) is 17.7. The fourth-order valence-electron chi connectivity index (χ4n) is 6.83. The van der Waals surface area contributed by atoms with E-state index < -0.39 is 36.2 Å². The summed E-state index contributed by atoms with van der Waals surface area (Å²) < 4.78 is 18.6. The Balaban J connectivity index is 1.10. The summed E-state index contributed by atoms with van der Waals surface area (Å²) in [5.74, 6) is 2.26. The van der Waals surface area contributed by atoms with E-state index in [2.05, 4.69) is 10.1 Å². The molecule has 5 aliphatic rings. The molecule has 0 radical (unpaired) electrons. The lowest BCUT2D eigenvalue weighted by Gasteiger charge is -2.55. The average molecular weight is 444 g/mol. The van der Waals surface area contributed by atoms with Crippen molar-refractivity contribution in [3.63, 3.8) is 0 Å². The number of nitrogens with zero attached hydrogens (tertiary/aromatic N) is 3. The van der Waals surface area contributed by atoms with Gasteiger partial charge in [-0.25, -0.2) is 14.3 Å². The van der Waals surface area contributed by atoms with E-state index >= 15 is 0 Å². The number of hydrogen-bond acceptors (Lipinski definition) is 9. The van der Waals surface area contributed by atoms with Crippen LogP contribution in [0, 0.1) is 17.8 Å². The monoisotopic (exact) mass is 444 g/mol. The van der Waals surface area contributed by atoms with Gasteiger partial charge in [-0.3, -0.25) is 0 Å². The topological polar surface area (TPSA) is 141 Å². The van der Waals surface area contributed by atoms with Gasteiger partial charge in [0.05, 0.1) is 5.69 Å². The van der Waals surface area contributed by atoms with Gasteiger partial charge in [0.2, 0.25) is 0 Å². The van der Waals surface area contributed by atoms with E-state index in [1.54, 1.807) is 12.1 Å². The number of nitrogens with two attached hydrogens (primary N) is 1. The summed E-state index contributed by atoms with van der Waals surface area (Å²) in [7, 11) is 0. The molecule has 1 aliphatic heterocycles. The number of ether oxygens (including phenoxy) is 3. The number of fused-ring (bicyclic) bond motifs is 1. The van der Waals surface area contributed by atoms with Gasteiger partial charge in [-0.2, -0.15) is 5.10 Å². The minimum Gasteiger partial charge on any atom is -0.431 e. The maximum Gasteiger partial charge on any atom is 0.508 e. The summed E-state index contributed by atoms with van der Waals surface area (Å²) in [5, 5.41) is 25.2. The number of rotatable bonds is 4. The van der Waals surface area contributed by atoms with Gasteiger partial charge in [0.25, 0.3) is 0 Å². The van der Waals surface area contributed by atoms with Crippen molar-refractivity contribution in [2.75, 3.05) is 12.3 Å². The Morgan fingerprint density at radius 2 is 1.84 bits per heavy atom. The number of aromatic nitrogens is 3. The third kappa shape index (κ3) is 3.23. The fraction of sp³-hybridized carbons (Fsp3) is 0.682. The predicted molar refractivity (Wildman–Crippen MR) is 110 cm³/mol. The lowest BCUT2D eigenvalue weighted by molar-refractivity contribution is -0.146. The molecule has 4 bridgehead atoms. The van der Waals surface area contributed by atoms with Crippen molar-refractivity contribution in [3.05, 3.63) is 24.2 Å². The maximum absolute atomic E-state index is 12.5. The summed E-state index contributed by atoms with van der Waals surface area (Å²) in [6.07, 6.45) is 2.93. The van der Waals surface area contributed by atoms with Gasteiger partial charge in [-0.15, -0.1) is 0 Å². The normalized spacial score (nSPS) is 40.1. The van der Waals surface area contributed by atoms with E-state index in [4.69, 9.17) is 19.9 Å². The van der Waals surface area contributed by atoms with E-state index in [0.29, 0.717) is 34.8 Å². The predicted octanol–water partition coefficient (Wildman–Crippen LogP) is 1.60. The summed E-state index contributed by atoms with van der Waals surface area (Å²) in [6, 6.07) is 3.44. The molecule has 0 amide bonds. The van der Waals surface area contributed by atoms with Gasteiger partial charge in [0.1, 0.15) is 48.5 Å². The van der Waals surface area contributed by atoms with Crippen LogP contribution in [-0.4, -0.2) is 61.5 Å². The van der Waals surface area contributed by atoms with Crippen LogP contribution in [0.25, 0.3) is 5.52 Å². The number of carbonyl (C=O) groups is 1. The third-order valence-corrected chi connectivity index (χ3v) is 7.81. The first-order valence-corrected chi connectivity index (χ1v) is 11.4. The fourth-order valence-corrected chi connectivity index (χ4v) is 6.83. The van der Waals surface area contributed by atoms with Crippen molar-refractivity contribution >= 4 is 17.5 Å². The third-order valence-electron chi connectivity index (χ3n) is 7.81. The highest BCUT2D eigenvalue weighted by Gasteiger charge is 2.53. The molecular formula is C22H28N4O6. The van der Waals surface area contributed by atoms with Gasteiger partial charge in [0, 0.05) is 0 Å². The highest BCUT2D eigenvalue weighted by atomic mass is 16.7. The molecule has 1 saturated heterocycles. The van der Waals surface area contributed by atoms with Crippen molar-refractivity contribution < 1.29 is 29.2 Å². The van der Waals surface area contributed by atoms with Crippen LogP contribution < -0.4 is 5.73 Å². The smallest absolute Gasteiger partial charge is 0.431 e.